The van der Waals surface area contributed by atoms with Gasteiger partial charge < -0.3 is 4.74 Å². The van der Waals surface area contributed by atoms with Crippen LogP contribution in [0, 0.1) is 23.2 Å². The highest BCUT2D eigenvalue weighted by Crippen LogP contribution is 2.63. The largest absolute Gasteiger partial charge is 0.495 e. The molecule has 3 fully saturated rings. The standard InChI is InChI=1S/C25H36N2O/c1-24-12-9-23-20(10-14-27-13-6-4-5-11-25(23,27)2)22(24)8-7-21(24)18-15-19(28-3)17-26-16-18/h7,15-17,20,22-23H,4-6,8-14H2,1-3H3/t20-,22-,23-,24+,25+/m0/s1. The summed E-state index contributed by atoms with van der Waals surface area (Å²) in [6, 6.07) is 2.19. The van der Waals surface area contributed by atoms with Crippen molar-refractivity contribution >= 4 is 5.57 Å². The molecule has 2 aliphatic heterocycles. The molecule has 4 aliphatic rings. The Balaban J connectivity index is 1.44. The van der Waals surface area contributed by atoms with Crippen molar-refractivity contribution in [2.24, 2.45) is 23.2 Å². The molecule has 0 N–H and O–H groups in total. The van der Waals surface area contributed by atoms with Gasteiger partial charge in [0, 0.05) is 11.7 Å². The molecule has 152 valence electrons. The first-order valence-electron chi connectivity index (χ1n) is 11.5. The van der Waals surface area contributed by atoms with Crippen molar-refractivity contribution in [2.75, 3.05) is 20.2 Å². The minimum Gasteiger partial charge on any atom is -0.495 e. The van der Waals surface area contributed by atoms with E-state index in [0.717, 1.165) is 23.5 Å². The Kier molecular flexibility index (Phi) is 4.58. The van der Waals surface area contributed by atoms with E-state index in [4.69, 9.17) is 4.74 Å². The minimum absolute atomic E-state index is 0.304. The third-order valence-electron chi connectivity index (χ3n) is 9.14. The Morgan fingerprint density at radius 2 is 1.93 bits per heavy atom. The number of aromatic nitrogens is 1. The highest BCUT2D eigenvalue weighted by atomic mass is 16.5. The summed E-state index contributed by atoms with van der Waals surface area (Å²) in [5.74, 6) is 3.44. The number of ether oxygens (including phenoxy) is 1. The van der Waals surface area contributed by atoms with Gasteiger partial charge >= 0.3 is 0 Å². The van der Waals surface area contributed by atoms with Crippen molar-refractivity contribution in [3.63, 3.8) is 0 Å². The van der Waals surface area contributed by atoms with Crippen LogP contribution in [0.1, 0.15) is 70.8 Å². The zero-order chi connectivity index (χ0) is 19.4. The lowest BCUT2D eigenvalue weighted by atomic mass is 9.52. The Morgan fingerprint density at radius 3 is 2.79 bits per heavy atom. The van der Waals surface area contributed by atoms with Gasteiger partial charge in [-0.3, -0.25) is 9.88 Å². The summed E-state index contributed by atoms with van der Waals surface area (Å²) in [5, 5.41) is 0. The predicted octanol–water partition coefficient (Wildman–Crippen LogP) is 5.56. The third kappa shape index (κ3) is 2.69. The summed E-state index contributed by atoms with van der Waals surface area (Å²) in [4.78, 5) is 7.34. The van der Waals surface area contributed by atoms with Gasteiger partial charge in [-0.25, -0.2) is 0 Å². The normalized spacial score (nSPS) is 40.7. The lowest BCUT2D eigenvalue weighted by Gasteiger charge is -2.60. The number of methoxy groups -OCH3 is 1. The molecule has 1 aromatic rings. The van der Waals surface area contributed by atoms with E-state index in [-0.39, 0.29) is 0 Å². The van der Waals surface area contributed by atoms with Crippen LogP contribution in [0.2, 0.25) is 0 Å². The number of hydrogen-bond acceptors (Lipinski definition) is 3. The Bertz CT molecular complexity index is 774. The van der Waals surface area contributed by atoms with Crippen molar-refractivity contribution in [2.45, 2.75) is 70.8 Å². The summed E-state index contributed by atoms with van der Waals surface area (Å²) < 4.78 is 5.46. The minimum atomic E-state index is 0.304. The quantitative estimate of drug-likeness (QED) is 0.671. The van der Waals surface area contributed by atoms with Crippen LogP contribution in [-0.2, 0) is 0 Å². The first kappa shape index (κ1) is 18.7. The summed E-state index contributed by atoms with van der Waals surface area (Å²) in [7, 11) is 1.74. The highest BCUT2D eigenvalue weighted by molar-refractivity contribution is 5.73. The Morgan fingerprint density at radius 1 is 1.04 bits per heavy atom. The second-order valence-corrected chi connectivity index (χ2v) is 10.2. The van der Waals surface area contributed by atoms with Crippen LogP contribution in [0.15, 0.2) is 24.5 Å². The van der Waals surface area contributed by atoms with E-state index in [1.807, 2.05) is 12.4 Å². The number of piperidine rings is 1. The molecule has 28 heavy (non-hydrogen) atoms. The molecule has 0 unspecified atom stereocenters. The third-order valence-corrected chi connectivity index (χ3v) is 9.14. The molecule has 0 amide bonds. The zero-order valence-corrected chi connectivity index (χ0v) is 17.9. The van der Waals surface area contributed by atoms with Gasteiger partial charge in [-0.15, -0.1) is 0 Å². The van der Waals surface area contributed by atoms with Gasteiger partial charge in [0.25, 0.3) is 0 Å². The number of nitrogens with zero attached hydrogens (tertiary/aromatic N) is 2. The summed E-state index contributed by atoms with van der Waals surface area (Å²) in [6.07, 6.45) is 17.5. The van der Waals surface area contributed by atoms with Crippen LogP contribution >= 0.6 is 0 Å². The number of hydrogen-bond donors (Lipinski definition) is 0. The maximum atomic E-state index is 5.46. The molecule has 3 heterocycles. The van der Waals surface area contributed by atoms with Crippen molar-refractivity contribution in [1.82, 2.24) is 9.88 Å². The maximum Gasteiger partial charge on any atom is 0.137 e. The second kappa shape index (κ2) is 6.86. The molecule has 3 nitrogen and oxygen atoms in total. The van der Waals surface area contributed by atoms with E-state index in [9.17, 15) is 0 Å². The average molecular weight is 381 g/mol. The summed E-state index contributed by atoms with van der Waals surface area (Å²) in [5.41, 5.74) is 3.57. The molecule has 5 atom stereocenters. The van der Waals surface area contributed by atoms with Crippen LogP contribution in [0.4, 0.5) is 0 Å². The van der Waals surface area contributed by atoms with Crippen molar-refractivity contribution < 1.29 is 4.74 Å². The van der Waals surface area contributed by atoms with Crippen LogP contribution in [-0.4, -0.2) is 35.6 Å². The van der Waals surface area contributed by atoms with Gasteiger partial charge in [0.1, 0.15) is 5.75 Å². The van der Waals surface area contributed by atoms with E-state index in [1.54, 1.807) is 7.11 Å². The van der Waals surface area contributed by atoms with E-state index >= 15 is 0 Å². The molecule has 5 rings (SSSR count). The van der Waals surface area contributed by atoms with Gasteiger partial charge in [0.2, 0.25) is 0 Å². The number of allylic oxidation sites excluding steroid dienone is 2. The number of fused-ring (bicyclic) bond motifs is 5. The van der Waals surface area contributed by atoms with Gasteiger partial charge in [0.05, 0.1) is 13.3 Å². The van der Waals surface area contributed by atoms with Crippen molar-refractivity contribution in [3.05, 3.63) is 30.1 Å². The first-order valence-corrected chi connectivity index (χ1v) is 11.5. The molecule has 0 bridgehead atoms. The average Bonchev–Trinajstić information content (AvgIpc) is 2.94. The van der Waals surface area contributed by atoms with Gasteiger partial charge in [-0.05, 0) is 98.9 Å². The predicted molar refractivity (Wildman–Crippen MR) is 114 cm³/mol. The lowest BCUT2D eigenvalue weighted by Crippen LogP contribution is -2.61. The Labute approximate surface area is 170 Å². The molecule has 2 saturated heterocycles. The topological polar surface area (TPSA) is 25.4 Å². The van der Waals surface area contributed by atoms with Gasteiger partial charge in [-0.2, -0.15) is 0 Å². The molecular weight excluding hydrogens is 344 g/mol. The SMILES string of the molecule is COc1cncc(C2=CC[C@H]3[C@@H]4CCN5CCCCC[C@]5(C)[C@H]4CC[C@]23C)c1. The van der Waals surface area contributed by atoms with Crippen LogP contribution in [0.5, 0.6) is 5.75 Å². The fraction of sp³-hybridized carbons (Fsp3) is 0.720. The van der Waals surface area contributed by atoms with E-state index in [0.29, 0.717) is 11.0 Å². The zero-order valence-electron chi connectivity index (χ0n) is 17.9. The monoisotopic (exact) mass is 380 g/mol. The Hall–Kier alpha value is -1.35. The summed E-state index contributed by atoms with van der Waals surface area (Å²) >= 11 is 0. The molecule has 0 aromatic carbocycles. The van der Waals surface area contributed by atoms with Crippen LogP contribution < -0.4 is 4.74 Å². The van der Waals surface area contributed by atoms with E-state index in [2.05, 4.69) is 35.9 Å². The molecule has 0 radical (unpaired) electrons. The molecule has 3 heteroatoms. The van der Waals surface area contributed by atoms with Crippen LogP contribution in [0.25, 0.3) is 5.57 Å². The molecule has 1 aromatic heterocycles. The van der Waals surface area contributed by atoms with Gasteiger partial charge in [-0.1, -0.05) is 25.8 Å². The molecular formula is C25H36N2O. The lowest BCUT2D eigenvalue weighted by molar-refractivity contribution is -0.0868. The second-order valence-electron chi connectivity index (χ2n) is 10.2. The first-order chi connectivity index (χ1) is 13.6. The highest BCUT2D eigenvalue weighted by Gasteiger charge is 2.57. The molecule has 1 saturated carbocycles. The number of rotatable bonds is 2. The van der Waals surface area contributed by atoms with E-state index in [1.165, 1.54) is 75.6 Å². The van der Waals surface area contributed by atoms with Crippen molar-refractivity contribution in [1.29, 1.82) is 0 Å². The van der Waals surface area contributed by atoms with E-state index < -0.39 is 0 Å². The maximum absolute atomic E-state index is 5.46. The molecule has 2 aliphatic carbocycles. The fourth-order valence-electron chi connectivity index (χ4n) is 7.62. The fourth-order valence-corrected chi connectivity index (χ4v) is 7.62. The smallest absolute Gasteiger partial charge is 0.137 e. The van der Waals surface area contributed by atoms with Crippen LogP contribution in [0.3, 0.4) is 0 Å². The summed E-state index contributed by atoms with van der Waals surface area (Å²) in [6.45, 7) is 7.82. The van der Waals surface area contributed by atoms with Gasteiger partial charge in [0.15, 0.2) is 0 Å². The van der Waals surface area contributed by atoms with Crippen molar-refractivity contribution in [3.8, 4) is 5.75 Å². The molecule has 0 spiro atoms. The number of pyridine rings is 1.